The maximum Gasteiger partial charge on any atom is 0.238 e. The van der Waals surface area contributed by atoms with Gasteiger partial charge in [0.25, 0.3) is 0 Å². The van der Waals surface area contributed by atoms with Crippen LogP contribution in [0.5, 0.6) is 5.88 Å². The normalized spacial score (nSPS) is 11.9. The first-order valence-corrected chi connectivity index (χ1v) is 5.00. The van der Waals surface area contributed by atoms with Crippen molar-refractivity contribution in [3.8, 4) is 5.88 Å². The van der Waals surface area contributed by atoms with E-state index in [4.69, 9.17) is 4.74 Å². The van der Waals surface area contributed by atoms with Gasteiger partial charge in [-0.05, 0) is 19.1 Å². The van der Waals surface area contributed by atoms with E-state index in [1.807, 2.05) is 0 Å². The molecule has 0 spiro atoms. The summed E-state index contributed by atoms with van der Waals surface area (Å²) in [7, 11) is 1.51. The Morgan fingerprint density at radius 2 is 2.43 bits per heavy atom. The molecule has 0 aliphatic carbocycles. The Kier molecular flexibility index (Phi) is 3.88. The third-order valence-electron chi connectivity index (χ3n) is 1.58. The van der Waals surface area contributed by atoms with Crippen LogP contribution in [-0.4, -0.2) is 22.8 Å². The van der Waals surface area contributed by atoms with Crippen molar-refractivity contribution in [1.82, 2.24) is 4.98 Å². The van der Waals surface area contributed by atoms with Crippen molar-refractivity contribution in [2.45, 2.75) is 11.8 Å². The number of aromatic nitrogens is 1. The molecule has 0 aliphatic heterocycles. The quantitative estimate of drug-likeness (QED) is 0.842. The zero-order chi connectivity index (χ0) is 10.6. The van der Waals surface area contributed by atoms with E-state index >= 15 is 0 Å². The monoisotopic (exact) mass is 258 g/mol. The van der Waals surface area contributed by atoms with Crippen LogP contribution < -0.4 is 10.1 Å². The van der Waals surface area contributed by atoms with Crippen LogP contribution in [0.3, 0.4) is 0 Å². The highest BCUT2D eigenvalue weighted by Gasteiger charge is 2.11. The van der Waals surface area contributed by atoms with Gasteiger partial charge in [-0.15, -0.1) is 0 Å². The van der Waals surface area contributed by atoms with E-state index in [1.54, 1.807) is 25.3 Å². The number of halogens is 1. The molecule has 0 radical (unpaired) electrons. The van der Waals surface area contributed by atoms with E-state index in [0.29, 0.717) is 11.6 Å². The summed E-state index contributed by atoms with van der Waals surface area (Å²) in [6.07, 6.45) is 1.60. The standard InChI is InChI=1S/C9H11BrN2O2/c1-6(10)8(13)12-7-4-3-5-11-9(7)14-2/h3-6H,1-2H3,(H,12,13). The molecule has 1 heterocycles. The number of hydrogen-bond donors (Lipinski definition) is 1. The molecule has 1 rings (SSSR count). The molecule has 0 bridgehead atoms. The lowest BCUT2D eigenvalue weighted by Crippen LogP contribution is -2.20. The van der Waals surface area contributed by atoms with Crippen LogP contribution in [0.1, 0.15) is 6.92 Å². The minimum Gasteiger partial charge on any atom is -0.480 e. The van der Waals surface area contributed by atoms with Gasteiger partial charge in [0.2, 0.25) is 11.8 Å². The van der Waals surface area contributed by atoms with Crippen LogP contribution >= 0.6 is 15.9 Å². The lowest BCUT2D eigenvalue weighted by atomic mass is 10.3. The molecule has 1 unspecified atom stereocenters. The molecule has 5 heteroatoms. The molecule has 4 nitrogen and oxygen atoms in total. The van der Waals surface area contributed by atoms with Crippen molar-refractivity contribution in [2.24, 2.45) is 0 Å². The number of anilines is 1. The summed E-state index contributed by atoms with van der Waals surface area (Å²) < 4.78 is 4.98. The highest BCUT2D eigenvalue weighted by atomic mass is 79.9. The third-order valence-corrected chi connectivity index (χ3v) is 2.00. The molecule has 1 N–H and O–H groups in total. The highest BCUT2D eigenvalue weighted by molar-refractivity contribution is 9.10. The van der Waals surface area contributed by atoms with E-state index in [2.05, 4.69) is 26.2 Å². The van der Waals surface area contributed by atoms with Gasteiger partial charge in [-0.2, -0.15) is 0 Å². The molecule has 1 aromatic heterocycles. The van der Waals surface area contributed by atoms with Crippen LogP contribution in [0.4, 0.5) is 5.69 Å². The zero-order valence-electron chi connectivity index (χ0n) is 7.95. The van der Waals surface area contributed by atoms with E-state index in [1.165, 1.54) is 7.11 Å². The smallest absolute Gasteiger partial charge is 0.238 e. The van der Waals surface area contributed by atoms with E-state index in [0.717, 1.165) is 0 Å². The summed E-state index contributed by atoms with van der Waals surface area (Å²) in [5.74, 6) is 0.283. The second-order valence-electron chi connectivity index (χ2n) is 2.67. The van der Waals surface area contributed by atoms with Crippen LogP contribution in [0, 0.1) is 0 Å². The molecule has 76 valence electrons. The van der Waals surface area contributed by atoms with Gasteiger partial charge < -0.3 is 10.1 Å². The first-order valence-electron chi connectivity index (χ1n) is 4.09. The Hall–Kier alpha value is -1.10. The molecule has 0 fully saturated rings. The maximum absolute atomic E-state index is 11.3. The van der Waals surface area contributed by atoms with Crippen LogP contribution in [0.25, 0.3) is 0 Å². The van der Waals surface area contributed by atoms with Gasteiger partial charge in [0.15, 0.2) is 0 Å². The molecule has 0 saturated heterocycles. The van der Waals surface area contributed by atoms with Crippen LogP contribution in [0.2, 0.25) is 0 Å². The summed E-state index contributed by atoms with van der Waals surface area (Å²) >= 11 is 3.17. The topological polar surface area (TPSA) is 51.2 Å². The van der Waals surface area contributed by atoms with Crippen LogP contribution in [0.15, 0.2) is 18.3 Å². The Labute approximate surface area is 90.8 Å². The first-order chi connectivity index (χ1) is 6.65. The van der Waals surface area contributed by atoms with Crippen molar-refractivity contribution in [3.63, 3.8) is 0 Å². The molecular weight excluding hydrogens is 248 g/mol. The summed E-state index contributed by atoms with van der Waals surface area (Å²) in [6.45, 7) is 1.75. The Morgan fingerprint density at radius 1 is 1.71 bits per heavy atom. The van der Waals surface area contributed by atoms with Crippen molar-refractivity contribution in [1.29, 1.82) is 0 Å². The fraction of sp³-hybridized carbons (Fsp3) is 0.333. The number of carbonyl (C=O) groups is 1. The molecule has 14 heavy (non-hydrogen) atoms. The van der Waals surface area contributed by atoms with E-state index in [-0.39, 0.29) is 10.7 Å². The second kappa shape index (κ2) is 4.95. The van der Waals surface area contributed by atoms with Gasteiger partial charge in [0.1, 0.15) is 5.69 Å². The predicted octanol–water partition coefficient (Wildman–Crippen LogP) is 1.81. The lowest BCUT2D eigenvalue weighted by molar-refractivity contribution is -0.115. The fourth-order valence-corrected chi connectivity index (χ4v) is 0.995. The van der Waals surface area contributed by atoms with Gasteiger partial charge in [0.05, 0.1) is 11.9 Å². The third kappa shape index (κ3) is 2.70. The number of nitrogens with one attached hydrogen (secondary N) is 1. The minimum absolute atomic E-state index is 0.128. The minimum atomic E-state index is -0.243. The number of pyridine rings is 1. The number of rotatable bonds is 3. The molecular formula is C9H11BrN2O2. The molecule has 1 aromatic rings. The molecule has 0 saturated carbocycles. The van der Waals surface area contributed by atoms with Crippen molar-refractivity contribution < 1.29 is 9.53 Å². The average molecular weight is 259 g/mol. The number of alkyl halides is 1. The average Bonchev–Trinajstić information content (AvgIpc) is 2.18. The van der Waals surface area contributed by atoms with Gasteiger partial charge in [0, 0.05) is 6.20 Å². The van der Waals surface area contributed by atoms with Crippen molar-refractivity contribution >= 4 is 27.5 Å². The van der Waals surface area contributed by atoms with Crippen molar-refractivity contribution in [2.75, 3.05) is 12.4 Å². The Balaban J connectivity index is 2.80. The van der Waals surface area contributed by atoms with Crippen LogP contribution in [-0.2, 0) is 4.79 Å². The maximum atomic E-state index is 11.3. The zero-order valence-corrected chi connectivity index (χ0v) is 9.54. The largest absolute Gasteiger partial charge is 0.480 e. The second-order valence-corrected chi connectivity index (χ2v) is 4.04. The Morgan fingerprint density at radius 3 is 3.00 bits per heavy atom. The number of carbonyl (C=O) groups excluding carboxylic acids is 1. The summed E-state index contributed by atoms with van der Waals surface area (Å²) in [4.78, 5) is 15.1. The molecule has 0 aliphatic rings. The number of hydrogen-bond acceptors (Lipinski definition) is 3. The molecule has 1 amide bonds. The van der Waals surface area contributed by atoms with E-state index in [9.17, 15) is 4.79 Å². The highest BCUT2D eigenvalue weighted by Crippen LogP contribution is 2.20. The summed E-state index contributed by atoms with van der Waals surface area (Å²) in [5.41, 5.74) is 0.575. The predicted molar refractivity (Wildman–Crippen MR) is 57.8 cm³/mol. The molecule has 0 aromatic carbocycles. The number of methoxy groups -OCH3 is 1. The van der Waals surface area contributed by atoms with E-state index < -0.39 is 0 Å². The number of ether oxygens (including phenoxy) is 1. The Bertz CT molecular complexity index is 328. The van der Waals surface area contributed by atoms with Gasteiger partial charge in [-0.25, -0.2) is 4.98 Å². The lowest BCUT2D eigenvalue weighted by Gasteiger charge is -2.09. The molecule has 1 atom stereocenters. The number of amides is 1. The van der Waals surface area contributed by atoms with Gasteiger partial charge in [-0.3, -0.25) is 4.79 Å². The first kappa shape index (κ1) is 11.0. The van der Waals surface area contributed by atoms with Gasteiger partial charge in [-0.1, -0.05) is 15.9 Å². The summed E-state index contributed by atoms with van der Waals surface area (Å²) in [5, 5.41) is 2.69. The number of nitrogens with zero attached hydrogens (tertiary/aromatic N) is 1. The SMILES string of the molecule is COc1ncccc1NC(=O)C(C)Br. The fourth-order valence-electron chi connectivity index (χ4n) is 0.881. The van der Waals surface area contributed by atoms with Crippen molar-refractivity contribution in [3.05, 3.63) is 18.3 Å². The van der Waals surface area contributed by atoms with Gasteiger partial charge >= 0.3 is 0 Å². The summed E-state index contributed by atoms with van der Waals surface area (Å²) in [6, 6.07) is 3.47.